The standard InChI is InChI=1S/C10H13NO2/c1-8-4-3-5-9(2)10(8)13-7-6-11-12/h3-6,12H,7H2,1-2H3. The largest absolute Gasteiger partial charge is 0.487 e. The number of benzene rings is 1. The third-order valence-electron chi connectivity index (χ3n) is 1.79. The predicted molar refractivity (Wildman–Crippen MR) is 51.7 cm³/mol. The van der Waals surface area contributed by atoms with E-state index in [1.807, 2.05) is 32.0 Å². The fourth-order valence-electron chi connectivity index (χ4n) is 1.18. The second-order valence-electron chi connectivity index (χ2n) is 2.83. The van der Waals surface area contributed by atoms with E-state index in [0.717, 1.165) is 16.9 Å². The summed E-state index contributed by atoms with van der Waals surface area (Å²) in [6, 6.07) is 5.95. The van der Waals surface area contributed by atoms with Gasteiger partial charge in [0.2, 0.25) is 0 Å². The molecular weight excluding hydrogens is 166 g/mol. The molecule has 0 aromatic heterocycles. The number of rotatable bonds is 3. The van der Waals surface area contributed by atoms with Crippen LogP contribution in [0.15, 0.2) is 23.4 Å². The first-order chi connectivity index (χ1) is 6.25. The molecule has 3 nitrogen and oxygen atoms in total. The van der Waals surface area contributed by atoms with Gasteiger partial charge in [-0.1, -0.05) is 23.4 Å². The van der Waals surface area contributed by atoms with E-state index in [4.69, 9.17) is 9.94 Å². The predicted octanol–water partition coefficient (Wildman–Crippen LogP) is 2.14. The lowest BCUT2D eigenvalue weighted by Crippen LogP contribution is -2.01. The Kier molecular flexibility index (Phi) is 3.31. The minimum Gasteiger partial charge on any atom is -0.487 e. The lowest BCUT2D eigenvalue weighted by atomic mass is 10.1. The molecule has 1 aromatic rings. The van der Waals surface area contributed by atoms with Crippen LogP contribution in [-0.4, -0.2) is 18.0 Å². The highest BCUT2D eigenvalue weighted by atomic mass is 16.5. The Morgan fingerprint density at radius 2 is 2.00 bits per heavy atom. The molecule has 13 heavy (non-hydrogen) atoms. The van der Waals surface area contributed by atoms with Crippen LogP contribution in [0.5, 0.6) is 5.75 Å². The van der Waals surface area contributed by atoms with Gasteiger partial charge in [-0.05, 0) is 25.0 Å². The van der Waals surface area contributed by atoms with Crippen LogP contribution in [0.3, 0.4) is 0 Å². The van der Waals surface area contributed by atoms with Crippen LogP contribution >= 0.6 is 0 Å². The molecule has 1 N–H and O–H groups in total. The molecule has 0 bridgehead atoms. The Labute approximate surface area is 77.6 Å². The lowest BCUT2D eigenvalue weighted by molar-refractivity contribution is 0.311. The molecule has 0 aliphatic carbocycles. The SMILES string of the molecule is Cc1cccc(C)c1OCC=NO. The van der Waals surface area contributed by atoms with Gasteiger partial charge >= 0.3 is 0 Å². The topological polar surface area (TPSA) is 41.8 Å². The summed E-state index contributed by atoms with van der Waals surface area (Å²) in [6.07, 6.45) is 1.31. The van der Waals surface area contributed by atoms with Gasteiger partial charge in [0.1, 0.15) is 12.4 Å². The van der Waals surface area contributed by atoms with Crippen LogP contribution in [0, 0.1) is 13.8 Å². The molecule has 3 heteroatoms. The van der Waals surface area contributed by atoms with Gasteiger partial charge < -0.3 is 9.94 Å². The average molecular weight is 179 g/mol. The molecule has 0 saturated heterocycles. The van der Waals surface area contributed by atoms with Crippen molar-refractivity contribution in [3.8, 4) is 5.75 Å². The number of para-hydroxylation sites is 1. The second-order valence-corrected chi connectivity index (χ2v) is 2.83. The zero-order valence-corrected chi connectivity index (χ0v) is 7.82. The van der Waals surface area contributed by atoms with E-state index in [9.17, 15) is 0 Å². The fourth-order valence-corrected chi connectivity index (χ4v) is 1.18. The quantitative estimate of drug-likeness (QED) is 0.439. The van der Waals surface area contributed by atoms with Gasteiger partial charge in [0.15, 0.2) is 0 Å². The number of oxime groups is 1. The van der Waals surface area contributed by atoms with Crippen LogP contribution in [0.25, 0.3) is 0 Å². The van der Waals surface area contributed by atoms with Crippen LogP contribution in [0.4, 0.5) is 0 Å². The first-order valence-electron chi connectivity index (χ1n) is 4.10. The van der Waals surface area contributed by atoms with Gasteiger partial charge in [0.25, 0.3) is 0 Å². The highest BCUT2D eigenvalue weighted by Gasteiger charge is 2.00. The van der Waals surface area contributed by atoms with Crippen molar-refractivity contribution in [2.24, 2.45) is 5.16 Å². The number of aryl methyl sites for hydroxylation is 2. The van der Waals surface area contributed by atoms with E-state index in [2.05, 4.69) is 5.16 Å². The van der Waals surface area contributed by atoms with Crippen LogP contribution in [0.2, 0.25) is 0 Å². The molecule has 0 unspecified atom stereocenters. The summed E-state index contributed by atoms with van der Waals surface area (Å²) >= 11 is 0. The van der Waals surface area contributed by atoms with E-state index >= 15 is 0 Å². The number of nitrogens with zero attached hydrogens (tertiary/aromatic N) is 1. The van der Waals surface area contributed by atoms with E-state index in [1.165, 1.54) is 6.21 Å². The van der Waals surface area contributed by atoms with Crippen molar-refractivity contribution in [1.82, 2.24) is 0 Å². The summed E-state index contributed by atoms with van der Waals surface area (Å²) in [5, 5.41) is 11.0. The molecule has 0 atom stereocenters. The zero-order valence-electron chi connectivity index (χ0n) is 7.82. The summed E-state index contributed by atoms with van der Waals surface area (Å²) in [6.45, 7) is 4.26. The molecule has 0 fully saturated rings. The Hall–Kier alpha value is -1.51. The van der Waals surface area contributed by atoms with E-state index in [-0.39, 0.29) is 0 Å². The molecule has 0 aliphatic heterocycles. The van der Waals surface area contributed by atoms with Gasteiger partial charge in [-0.2, -0.15) is 0 Å². The van der Waals surface area contributed by atoms with Crippen molar-refractivity contribution in [1.29, 1.82) is 0 Å². The van der Waals surface area contributed by atoms with Gasteiger partial charge in [-0.15, -0.1) is 0 Å². The summed E-state index contributed by atoms with van der Waals surface area (Å²) in [5.41, 5.74) is 2.18. The molecule has 1 aromatic carbocycles. The van der Waals surface area contributed by atoms with E-state index in [0.29, 0.717) is 6.61 Å². The van der Waals surface area contributed by atoms with Gasteiger partial charge in [-0.3, -0.25) is 0 Å². The Balaban J connectivity index is 2.75. The summed E-state index contributed by atoms with van der Waals surface area (Å²) in [7, 11) is 0. The first kappa shape index (κ1) is 9.58. The Morgan fingerprint density at radius 3 is 2.54 bits per heavy atom. The maximum Gasteiger partial charge on any atom is 0.127 e. The molecule has 0 amide bonds. The molecule has 0 radical (unpaired) electrons. The van der Waals surface area contributed by atoms with Gasteiger partial charge in [-0.25, -0.2) is 0 Å². The summed E-state index contributed by atoms with van der Waals surface area (Å²) in [5.74, 6) is 0.863. The van der Waals surface area contributed by atoms with Crippen molar-refractivity contribution in [2.75, 3.05) is 6.61 Å². The van der Waals surface area contributed by atoms with Crippen molar-refractivity contribution < 1.29 is 9.94 Å². The van der Waals surface area contributed by atoms with Crippen molar-refractivity contribution in [3.05, 3.63) is 29.3 Å². The third kappa shape index (κ3) is 2.47. The van der Waals surface area contributed by atoms with Crippen molar-refractivity contribution >= 4 is 6.21 Å². The highest BCUT2D eigenvalue weighted by Crippen LogP contribution is 2.21. The first-order valence-corrected chi connectivity index (χ1v) is 4.10. The minimum absolute atomic E-state index is 0.294. The van der Waals surface area contributed by atoms with Crippen LogP contribution < -0.4 is 4.74 Å². The van der Waals surface area contributed by atoms with Crippen LogP contribution in [-0.2, 0) is 0 Å². The van der Waals surface area contributed by atoms with E-state index in [1.54, 1.807) is 0 Å². The minimum atomic E-state index is 0.294. The third-order valence-corrected chi connectivity index (χ3v) is 1.79. The summed E-state index contributed by atoms with van der Waals surface area (Å²) < 4.78 is 5.40. The number of ether oxygens (including phenoxy) is 1. The molecule has 1 rings (SSSR count). The highest BCUT2D eigenvalue weighted by molar-refractivity contribution is 5.58. The van der Waals surface area contributed by atoms with Crippen molar-refractivity contribution in [3.63, 3.8) is 0 Å². The molecular formula is C10H13NO2. The van der Waals surface area contributed by atoms with Crippen LogP contribution in [0.1, 0.15) is 11.1 Å². The Morgan fingerprint density at radius 1 is 1.38 bits per heavy atom. The smallest absolute Gasteiger partial charge is 0.127 e. The molecule has 0 spiro atoms. The molecule has 0 saturated carbocycles. The van der Waals surface area contributed by atoms with Crippen molar-refractivity contribution in [2.45, 2.75) is 13.8 Å². The maximum atomic E-state index is 8.17. The number of hydrogen-bond acceptors (Lipinski definition) is 3. The lowest BCUT2D eigenvalue weighted by Gasteiger charge is -2.09. The normalized spacial score (nSPS) is 10.6. The van der Waals surface area contributed by atoms with E-state index < -0.39 is 0 Å². The molecule has 0 aliphatic rings. The molecule has 0 heterocycles. The number of hydrogen-bond donors (Lipinski definition) is 1. The monoisotopic (exact) mass is 179 g/mol. The average Bonchev–Trinajstić information content (AvgIpc) is 2.10. The molecule has 70 valence electrons. The van der Waals surface area contributed by atoms with Gasteiger partial charge in [0, 0.05) is 0 Å². The Bertz CT molecular complexity index is 288. The maximum absolute atomic E-state index is 8.17. The summed E-state index contributed by atoms with van der Waals surface area (Å²) in [4.78, 5) is 0. The van der Waals surface area contributed by atoms with Gasteiger partial charge in [0.05, 0.1) is 6.21 Å². The fraction of sp³-hybridized carbons (Fsp3) is 0.300. The zero-order chi connectivity index (χ0) is 9.68. The second kappa shape index (κ2) is 4.50.